The minimum absolute atomic E-state index is 0.263. The van der Waals surface area contributed by atoms with Crippen molar-refractivity contribution in [3.05, 3.63) is 77.2 Å². The first-order chi connectivity index (χ1) is 11.1. The summed E-state index contributed by atoms with van der Waals surface area (Å²) >= 11 is 5.88. The highest BCUT2D eigenvalue weighted by Crippen LogP contribution is 2.19. The van der Waals surface area contributed by atoms with Crippen LogP contribution in [0.15, 0.2) is 60.9 Å². The molecule has 23 heavy (non-hydrogen) atoms. The molecule has 0 fully saturated rings. The van der Waals surface area contributed by atoms with Crippen molar-refractivity contribution in [3.63, 3.8) is 0 Å². The van der Waals surface area contributed by atoms with Crippen molar-refractivity contribution in [1.29, 1.82) is 0 Å². The van der Waals surface area contributed by atoms with E-state index in [0.29, 0.717) is 10.7 Å². The van der Waals surface area contributed by atoms with Gasteiger partial charge in [-0.25, -0.2) is 4.98 Å². The molecule has 1 aromatic heterocycles. The molecule has 0 unspecified atom stereocenters. The van der Waals surface area contributed by atoms with E-state index in [2.05, 4.69) is 15.3 Å². The van der Waals surface area contributed by atoms with Crippen molar-refractivity contribution < 1.29 is 4.79 Å². The summed E-state index contributed by atoms with van der Waals surface area (Å²) in [5, 5.41) is 3.47. The van der Waals surface area contributed by atoms with Gasteiger partial charge in [-0.1, -0.05) is 35.9 Å². The molecule has 0 aliphatic heterocycles. The lowest BCUT2D eigenvalue weighted by Gasteiger charge is -2.07. The lowest BCUT2D eigenvalue weighted by atomic mass is 10.1. The van der Waals surface area contributed by atoms with E-state index >= 15 is 0 Å². The van der Waals surface area contributed by atoms with Gasteiger partial charge in [0.25, 0.3) is 5.91 Å². The lowest BCUT2D eigenvalue weighted by Crippen LogP contribution is -2.14. The quantitative estimate of drug-likeness (QED) is 0.779. The highest BCUT2D eigenvalue weighted by atomic mass is 35.5. The summed E-state index contributed by atoms with van der Waals surface area (Å²) in [5.74, 6) is -0.293. The number of aromatic nitrogens is 2. The fraction of sp³-hybridized carbons (Fsp3) is 0.0556. The van der Waals surface area contributed by atoms with Gasteiger partial charge in [-0.15, -0.1) is 0 Å². The molecule has 0 radical (unpaired) electrons. The third kappa shape index (κ3) is 3.73. The van der Waals surface area contributed by atoms with Crippen LogP contribution in [-0.4, -0.2) is 15.9 Å². The second kappa shape index (κ2) is 6.58. The molecule has 5 heteroatoms. The molecule has 0 aliphatic carbocycles. The molecule has 2 aromatic carbocycles. The number of rotatable bonds is 3. The van der Waals surface area contributed by atoms with Crippen LogP contribution >= 0.6 is 11.6 Å². The average Bonchev–Trinajstić information content (AvgIpc) is 2.56. The molecule has 0 spiro atoms. The number of hydrogen-bond acceptors (Lipinski definition) is 3. The fourth-order valence-corrected chi connectivity index (χ4v) is 2.28. The highest BCUT2D eigenvalue weighted by molar-refractivity contribution is 6.30. The van der Waals surface area contributed by atoms with Gasteiger partial charge in [0.05, 0.1) is 18.1 Å². The number of aryl methyl sites for hydroxylation is 1. The van der Waals surface area contributed by atoms with Gasteiger partial charge in [-0.2, -0.15) is 0 Å². The Hall–Kier alpha value is -2.72. The first kappa shape index (κ1) is 15.2. The van der Waals surface area contributed by atoms with Crippen molar-refractivity contribution in [2.45, 2.75) is 6.92 Å². The van der Waals surface area contributed by atoms with E-state index < -0.39 is 0 Å². The van der Waals surface area contributed by atoms with Crippen LogP contribution in [-0.2, 0) is 0 Å². The third-order valence-electron chi connectivity index (χ3n) is 3.28. The molecule has 0 atom stereocenters. The maximum Gasteiger partial charge on any atom is 0.275 e. The summed E-state index contributed by atoms with van der Waals surface area (Å²) in [4.78, 5) is 20.8. The predicted molar refractivity (Wildman–Crippen MR) is 91.6 cm³/mol. The molecule has 1 amide bonds. The number of nitrogens with one attached hydrogen (secondary N) is 1. The molecule has 1 heterocycles. The number of nitrogens with zero attached hydrogens (tertiary/aromatic N) is 2. The summed E-state index contributed by atoms with van der Waals surface area (Å²) in [6.45, 7) is 1.97. The van der Waals surface area contributed by atoms with E-state index in [0.717, 1.165) is 16.8 Å². The van der Waals surface area contributed by atoms with Crippen molar-refractivity contribution in [2.24, 2.45) is 0 Å². The van der Waals surface area contributed by atoms with E-state index in [1.165, 1.54) is 6.20 Å². The summed E-state index contributed by atoms with van der Waals surface area (Å²) in [6.07, 6.45) is 3.07. The van der Waals surface area contributed by atoms with Crippen LogP contribution in [0.4, 0.5) is 5.69 Å². The molecule has 0 saturated heterocycles. The number of amides is 1. The molecular formula is C18H14ClN3O. The second-order valence-corrected chi connectivity index (χ2v) is 5.56. The Morgan fingerprint density at radius 2 is 1.87 bits per heavy atom. The predicted octanol–water partition coefficient (Wildman–Crippen LogP) is 4.36. The fourth-order valence-electron chi connectivity index (χ4n) is 2.15. The van der Waals surface area contributed by atoms with Crippen molar-refractivity contribution in [3.8, 4) is 11.3 Å². The molecule has 3 rings (SSSR count). The van der Waals surface area contributed by atoms with Gasteiger partial charge >= 0.3 is 0 Å². The molecule has 0 bridgehead atoms. The van der Waals surface area contributed by atoms with Crippen LogP contribution in [0, 0.1) is 6.92 Å². The molecule has 114 valence electrons. The second-order valence-electron chi connectivity index (χ2n) is 5.12. The molecule has 1 N–H and O–H groups in total. The smallest absolute Gasteiger partial charge is 0.275 e. The van der Waals surface area contributed by atoms with E-state index in [4.69, 9.17) is 11.6 Å². The number of carbonyl (C=O) groups excluding carboxylic acids is 1. The van der Waals surface area contributed by atoms with E-state index in [1.54, 1.807) is 18.3 Å². The van der Waals surface area contributed by atoms with Gasteiger partial charge in [0, 0.05) is 16.3 Å². The Balaban J connectivity index is 1.84. The Bertz CT molecular complexity index is 847. The van der Waals surface area contributed by atoms with Gasteiger partial charge in [-0.3, -0.25) is 9.78 Å². The maximum absolute atomic E-state index is 12.3. The number of benzene rings is 2. The minimum atomic E-state index is -0.293. The summed E-state index contributed by atoms with van der Waals surface area (Å²) in [7, 11) is 0. The van der Waals surface area contributed by atoms with Gasteiger partial charge in [-0.05, 0) is 36.8 Å². The normalized spacial score (nSPS) is 10.3. The summed E-state index contributed by atoms with van der Waals surface area (Å²) in [5.41, 5.74) is 3.54. The van der Waals surface area contributed by atoms with Crippen LogP contribution in [0.3, 0.4) is 0 Å². The highest BCUT2D eigenvalue weighted by Gasteiger charge is 2.10. The first-order valence-corrected chi connectivity index (χ1v) is 7.45. The zero-order chi connectivity index (χ0) is 16.2. The Kier molecular flexibility index (Phi) is 4.35. The summed E-state index contributed by atoms with van der Waals surface area (Å²) in [6, 6.07) is 14.8. The van der Waals surface area contributed by atoms with Crippen molar-refractivity contribution in [1.82, 2.24) is 9.97 Å². The van der Waals surface area contributed by atoms with Gasteiger partial charge in [0.15, 0.2) is 0 Å². The largest absolute Gasteiger partial charge is 0.321 e. The number of anilines is 1. The molecular weight excluding hydrogens is 310 g/mol. The first-order valence-electron chi connectivity index (χ1n) is 7.08. The molecule has 4 nitrogen and oxygen atoms in total. The van der Waals surface area contributed by atoms with Gasteiger partial charge in [0.2, 0.25) is 0 Å². The zero-order valence-corrected chi connectivity index (χ0v) is 13.2. The molecule has 0 aliphatic rings. The lowest BCUT2D eigenvalue weighted by molar-refractivity contribution is 0.102. The van der Waals surface area contributed by atoms with Crippen molar-refractivity contribution in [2.75, 3.05) is 5.32 Å². The van der Waals surface area contributed by atoms with Gasteiger partial charge in [0.1, 0.15) is 5.69 Å². The molecule has 0 saturated carbocycles. The van der Waals surface area contributed by atoms with Crippen LogP contribution in [0.1, 0.15) is 16.1 Å². The van der Waals surface area contributed by atoms with Crippen LogP contribution in [0.25, 0.3) is 11.3 Å². The SMILES string of the molecule is Cc1cccc(NC(=O)c2cncc(-c3ccc(Cl)cc3)n2)c1. The van der Waals surface area contributed by atoms with E-state index in [1.807, 2.05) is 43.3 Å². The standard InChI is InChI=1S/C18H14ClN3O/c1-12-3-2-4-15(9-12)21-18(23)17-11-20-10-16(22-17)13-5-7-14(19)8-6-13/h2-11H,1H3,(H,21,23). The van der Waals surface area contributed by atoms with Crippen LogP contribution in [0.5, 0.6) is 0 Å². The Morgan fingerprint density at radius 3 is 2.61 bits per heavy atom. The average molecular weight is 324 g/mol. The number of carbonyl (C=O) groups is 1. The third-order valence-corrected chi connectivity index (χ3v) is 3.54. The van der Waals surface area contributed by atoms with E-state index in [9.17, 15) is 4.79 Å². The van der Waals surface area contributed by atoms with Crippen molar-refractivity contribution >= 4 is 23.2 Å². The van der Waals surface area contributed by atoms with Gasteiger partial charge < -0.3 is 5.32 Å². The van der Waals surface area contributed by atoms with Crippen LogP contribution < -0.4 is 5.32 Å². The summed E-state index contributed by atoms with van der Waals surface area (Å²) < 4.78 is 0. The number of halogens is 1. The Morgan fingerprint density at radius 1 is 1.09 bits per heavy atom. The van der Waals surface area contributed by atoms with Crippen LogP contribution in [0.2, 0.25) is 5.02 Å². The Labute approximate surface area is 139 Å². The maximum atomic E-state index is 12.3. The number of hydrogen-bond donors (Lipinski definition) is 1. The van der Waals surface area contributed by atoms with E-state index in [-0.39, 0.29) is 11.6 Å². The zero-order valence-electron chi connectivity index (χ0n) is 12.5. The topological polar surface area (TPSA) is 54.9 Å². The monoisotopic (exact) mass is 323 g/mol. The minimum Gasteiger partial charge on any atom is -0.321 e. The molecule has 3 aromatic rings.